The number of hydrogen-bond acceptors (Lipinski definition) is 0. The van der Waals surface area contributed by atoms with Crippen LogP contribution in [0.2, 0.25) is 137 Å². The molecule has 0 heterocycles. The first kappa shape index (κ1) is 141. The summed E-state index contributed by atoms with van der Waals surface area (Å²) in [7, 11) is 126. The zero-order valence-corrected chi connectivity index (χ0v) is 106. The second-order valence-corrected chi connectivity index (χ2v) is 62.6. The molecule has 0 aliphatic rings. The second kappa shape index (κ2) is 79.1. The Morgan fingerprint density at radius 2 is 0.123 bits per heavy atom. The molecule has 0 aliphatic carbocycles. The SMILES string of the molecule is BC(B)CC(CC(B)B)CC(CC(CC(B)B)CC(B)B)CC(CC(CC(CC(B)B)CC(B)B)CC(CC(B)B)CC(B)B)CC(CC(CC(CC(CC(B)B)CC(B)B)CC(CC(B)B)CC(B)B)CC(CC(CC(B)B)CC(B)B)CC(CC(B)B)CC(B)B)CC(CC(CC(CC(B)B)CC(B)B)CC(CC(B)B)CC(B)B)CC(CC(CC(B)B)CC(B)B)CC(CC(B)B)C(B)B. The van der Waals surface area contributed by atoms with Crippen LogP contribution in [0, 0.1) is 130 Å². The van der Waals surface area contributed by atoms with Gasteiger partial charge in [-0.15, -0.1) is 0 Å². The molecule has 0 spiro atoms. The minimum atomic E-state index is 0.705. The maximum absolute atomic E-state index is 2.69. The minimum Gasteiger partial charge on any atom is -0.0957 e. The van der Waals surface area contributed by atoms with Crippen molar-refractivity contribution in [3.05, 3.63) is 0 Å². The van der Waals surface area contributed by atoms with Gasteiger partial charge >= 0.3 is 0 Å². The molecule has 0 aromatic rings. The molecule has 138 heavy (non-hydrogen) atoms. The zero-order valence-electron chi connectivity index (χ0n) is 106. The van der Waals surface area contributed by atoms with Crippen LogP contribution in [0.5, 0.6) is 0 Å². The van der Waals surface area contributed by atoms with Crippen molar-refractivity contribution in [1.82, 2.24) is 0 Å². The van der Waals surface area contributed by atoms with Crippen LogP contribution in [-0.4, -0.2) is 377 Å². The molecule has 0 bridgehead atoms. The summed E-state index contributed by atoms with van der Waals surface area (Å²) in [5.41, 5.74) is 17.4. The summed E-state index contributed by atoms with van der Waals surface area (Å²) < 4.78 is 0. The molecule has 734 valence electrons. The quantitative estimate of drug-likeness (QED) is 0.0533. The van der Waals surface area contributed by atoms with Crippen LogP contribution in [0.15, 0.2) is 0 Å². The standard InChI is InChI=1S/C90H230B48/c91-67(92)22-55(23-68(93)94)10-49(11-56(24-69(95)96)25-70(97)98)4-46(5-50(12-57(26-71(99)100)27-72(101)102)13-58(28-73(103)104)29-74(105)106)1-45(3-48(9-54(21-66(90(137)138)44-89(135)136)20-65(42-87(131)132)43-88(133)134)8-53(18-63(38-83(123)124)39-84(125)126)19-64(40-85(127)128)41-86(129)130)2-47(6-51(14-59(30-75(107)108)31-76(109)110)15-60(32-77(111)112)33-78(113)114)7-52(16-61(34-79(115)116)35-80(117)118)17-62(36-81(119)120)37-82(121)122/h45-90H,1-44,91-138H2. The molecular formula is C90H230B48. The van der Waals surface area contributed by atoms with E-state index in [1.165, 1.54) is 283 Å². The Morgan fingerprint density at radius 3 is 0.181 bits per heavy atom. The highest BCUT2D eigenvalue weighted by atomic mass is 14.4. The van der Waals surface area contributed by atoms with Gasteiger partial charge in [-0.25, -0.2) is 0 Å². The van der Waals surface area contributed by atoms with Crippen molar-refractivity contribution in [2.75, 3.05) is 0 Å². The van der Waals surface area contributed by atoms with E-state index in [0.29, 0.717) is 11.6 Å². The van der Waals surface area contributed by atoms with Crippen molar-refractivity contribution in [1.29, 1.82) is 0 Å². The van der Waals surface area contributed by atoms with Crippen molar-refractivity contribution >= 4 is 377 Å². The first-order valence-electron chi connectivity index (χ1n) is 64.0. The Balaban J connectivity index is 12.3. The van der Waals surface area contributed by atoms with E-state index in [0.717, 1.165) is 256 Å². The summed E-state index contributed by atoms with van der Waals surface area (Å²) in [6, 6.07) is 0. The molecule has 0 N–H and O–H groups in total. The first-order chi connectivity index (χ1) is 64.0. The number of hydrogen-bond donors (Lipinski definition) is 0. The average Bonchev–Trinajstić information content (AvgIpc) is 0.835. The highest BCUT2D eigenvalue weighted by Gasteiger charge is 2.40. The predicted molar refractivity (Wildman–Crippen MR) is 780 cm³/mol. The smallest absolute Gasteiger partial charge is 0.0957 e. The monoisotopic (exact) mass is 1840 g/mol. The second-order valence-electron chi connectivity index (χ2n) is 62.6. The molecule has 3 unspecified atom stereocenters. The molecule has 0 rings (SSSR count). The van der Waals surface area contributed by atoms with Crippen molar-refractivity contribution in [3.8, 4) is 0 Å². The molecule has 0 radical (unpaired) electrons. The highest BCUT2D eigenvalue weighted by molar-refractivity contribution is 6.43. The van der Waals surface area contributed by atoms with E-state index >= 15 is 0 Å². The summed E-state index contributed by atoms with van der Waals surface area (Å²) in [5, 5.41) is 0. The van der Waals surface area contributed by atoms with Gasteiger partial charge in [0.1, 0.15) is 0 Å². The highest BCUT2D eigenvalue weighted by Crippen LogP contribution is 2.52. The van der Waals surface area contributed by atoms with Crippen LogP contribution in [0.4, 0.5) is 0 Å². The van der Waals surface area contributed by atoms with E-state index in [1.807, 2.05) is 0 Å². The van der Waals surface area contributed by atoms with Gasteiger partial charge < -0.3 is 0 Å². The molecule has 0 nitrogen and oxygen atoms in total. The lowest BCUT2D eigenvalue weighted by atomic mass is 9.54. The molecule has 0 saturated carbocycles. The van der Waals surface area contributed by atoms with Gasteiger partial charge in [-0.1, -0.05) is 291 Å². The van der Waals surface area contributed by atoms with Crippen LogP contribution in [0.1, 0.15) is 283 Å². The number of rotatable bonds is 89. The van der Waals surface area contributed by atoms with E-state index < -0.39 is 0 Å². The van der Waals surface area contributed by atoms with E-state index in [2.05, 4.69) is 377 Å². The summed E-state index contributed by atoms with van der Waals surface area (Å²) in [4.78, 5) is 0. The van der Waals surface area contributed by atoms with Gasteiger partial charge in [0.05, 0.1) is 377 Å². The summed E-state index contributed by atoms with van der Waals surface area (Å²) in [5.74, 6) is 17.0. The first-order valence-corrected chi connectivity index (χ1v) is 64.0. The van der Waals surface area contributed by atoms with Crippen LogP contribution in [0.3, 0.4) is 0 Å². The topological polar surface area (TPSA) is 0 Å². The molecule has 0 fully saturated rings. The molecule has 0 aliphatic heterocycles. The Morgan fingerprint density at radius 1 is 0.0652 bits per heavy atom. The van der Waals surface area contributed by atoms with E-state index in [9.17, 15) is 0 Å². The van der Waals surface area contributed by atoms with Crippen LogP contribution in [0.25, 0.3) is 0 Å². The normalized spacial score (nSPS) is 14.1. The fourth-order valence-electron chi connectivity index (χ4n) is 31.8. The van der Waals surface area contributed by atoms with Crippen molar-refractivity contribution in [2.24, 2.45) is 130 Å². The lowest BCUT2D eigenvalue weighted by Crippen LogP contribution is -2.29. The Bertz CT molecular complexity index is 2340. The molecule has 48 heteroatoms. The van der Waals surface area contributed by atoms with Crippen molar-refractivity contribution < 1.29 is 0 Å². The third kappa shape index (κ3) is 79.1. The average molecular weight is 1830 g/mol. The van der Waals surface area contributed by atoms with Crippen molar-refractivity contribution in [3.63, 3.8) is 0 Å². The lowest BCUT2D eigenvalue weighted by molar-refractivity contribution is 0.123. The minimum absolute atomic E-state index is 0.705. The fourth-order valence-corrected chi connectivity index (χ4v) is 31.8. The largest absolute Gasteiger partial charge is 0.0960 e. The van der Waals surface area contributed by atoms with Gasteiger partial charge in [0, 0.05) is 0 Å². The van der Waals surface area contributed by atoms with Gasteiger partial charge in [0.15, 0.2) is 0 Å². The van der Waals surface area contributed by atoms with E-state index in [-0.39, 0.29) is 0 Å². The fraction of sp³-hybridized carbons (Fsp3) is 1.00. The van der Waals surface area contributed by atoms with Gasteiger partial charge in [-0.2, -0.15) is 0 Å². The molecule has 3 atom stereocenters. The summed E-state index contributed by atoms with van der Waals surface area (Å²) in [6.45, 7) is 0. The van der Waals surface area contributed by atoms with Gasteiger partial charge in [0.25, 0.3) is 0 Å². The Labute approximate surface area is 919 Å². The summed E-state index contributed by atoms with van der Waals surface area (Å²) >= 11 is 0. The van der Waals surface area contributed by atoms with Gasteiger partial charge in [-0.3, -0.25) is 0 Å². The van der Waals surface area contributed by atoms with Crippen molar-refractivity contribution in [2.45, 2.75) is 420 Å². The maximum Gasteiger partial charge on any atom is 0.0960 e. The van der Waals surface area contributed by atoms with Crippen LogP contribution >= 0.6 is 0 Å². The molecule has 0 amide bonds. The van der Waals surface area contributed by atoms with Crippen LogP contribution in [-0.2, 0) is 0 Å². The summed E-state index contributed by atoms with van der Waals surface area (Å²) in [6.07, 6.45) is 63.2. The van der Waals surface area contributed by atoms with Gasteiger partial charge in [-0.05, 0) is 259 Å². The molecular weight excluding hydrogens is 1600 g/mol. The zero-order chi connectivity index (χ0) is 106. The molecule has 0 aromatic carbocycles. The Kier molecular flexibility index (Phi) is 80.9. The Hall–Kier alpha value is 3.12. The predicted octanol–water partition coefficient (Wildman–Crippen LogP) is -16.0. The third-order valence-corrected chi connectivity index (χ3v) is 33.4. The molecule has 0 aromatic heterocycles. The molecule has 0 saturated heterocycles. The van der Waals surface area contributed by atoms with E-state index in [4.69, 9.17) is 0 Å². The van der Waals surface area contributed by atoms with E-state index in [1.54, 1.807) is 0 Å². The van der Waals surface area contributed by atoms with Gasteiger partial charge in [0.2, 0.25) is 0 Å². The third-order valence-electron chi connectivity index (χ3n) is 33.4. The lowest BCUT2D eigenvalue weighted by Gasteiger charge is -2.40. The van der Waals surface area contributed by atoms with Crippen LogP contribution < -0.4 is 0 Å². The maximum atomic E-state index is 2.69.